The number of ketones is 1. The van der Waals surface area contributed by atoms with Crippen molar-refractivity contribution in [2.24, 2.45) is 0 Å². The summed E-state index contributed by atoms with van der Waals surface area (Å²) in [6, 6.07) is 17.6. The highest BCUT2D eigenvalue weighted by Gasteiger charge is 2.26. The lowest BCUT2D eigenvalue weighted by molar-refractivity contribution is 0.102. The number of nitrogens with two attached hydrogens (primary N) is 1. The van der Waals surface area contributed by atoms with Gasteiger partial charge in [-0.15, -0.1) is 0 Å². The van der Waals surface area contributed by atoms with Crippen molar-refractivity contribution in [2.45, 2.75) is 0 Å². The van der Waals surface area contributed by atoms with Crippen molar-refractivity contribution in [2.75, 3.05) is 18.2 Å². The highest BCUT2D eigenvalue weighted by atomic mass is 19.1. The van der Waals surface area contributed by atoms with Gasteiger partial charge in [0.1, 0.15) is 17.3 Å². The molecule has 0 spiro atoms. The molecule has 0 unspecified atom stereocenters. The molecule has 0 radical (unpaired) electrons. The van der Waals surface area contributed by atoms with Crippen molar-refractivity contribution in [3.8, 4) is 5.75 Å². The fourth-order valence-electron chi connectivity index (χ4n) is 3.35. The first-order chi connectivity index (χ1) is 14.5. The van der Waals surface area contributed by atoms with Crippen LogP contribution in [0.4, 0.5) is 15.8 Å². The summed E-state index contributed by atoms with van der Waals surface area (Å²) in [5.41, 5.74) is 7.39. The lowest BCUT2D eigenvalue weighted by atomic mass is 10.1. The number of pyridine rings is 1. The van der Waals surface area contributed by atoms with Crippen LogP contribution in [0.2, 0.25) is 0 Å². The summed E-state index contributed by atoms with van der Waals surface area (Å²) in [7, 11) is 1.51. The lowest BCUT2D eigenvalue weighted by Gasteiger charge is -2.07. The van der Waals surface area contributed by atoms with E-state index in [1.165, 1.54) is 25.3 Å². The van der Waals surface area contributed by atoms with Crippen molar-refractivity contribution in [1.82, 2.24) is 4.40 Å². The normalized spacial score (nSPS) is 10.7. The third kappa shape index (κ3) is 3.26. The van der Waals surface area contributed by atoms with Crippen LogP contribution in [-0.2, 0) is 0 Å². The molecule has 150 valence electrons. The van der Waals surface area contributed by atoms with Crippen LogP contribution in [0.3, 0.4) is 0 Å². The van der Waals surface area contributed by atoms with Crippen molar-refractivity contribution in [3.05, 3.63) is 95.6 Å². The number of benzene rings is 2. The highest BCUT2D eigenvalue weighted by Crippen LogP contribution is 2.30. The smallest absolute Gasteiger partial charge is 0.260 e. The molecule has 30 heavy (non-hydrogen) atoms. The van der Waals surface area contributed by atoms with Crippen LogP contribution in [0.1, 0.15) is 26.4 Å². The van der Waals surface area contributed by atoms with E-state index in [-0.39, 0.29) is 28.4 Å². The quantitative estimate of drug-likeness (QED) is 0.490. The Labute approximate surface area is 171 Å². The number of nitrogens with one attached hydrogen (secondary N) is 1. The molecule has 2 aromatic heterocycles. The monoisotopic (exact) mass is 403 g/mol. The molecule has 0 saturated carbocycles. The molecule has 3 N–H and O–H groups in total. The van der Waals surface area contributed by atoms with E-state index in [1.807, 2.05) is 0 Å². The van der Waals surface area contributed by atoms with Crippen molar-refractivity contribution in [3.63, 3.8) is 0 Å². The Hall–Kier alpha value is -4.13. The highest BCUT2D eigenvalue weighted by molar-refractivity contribution is 6.20. The van der Waals surface area contributed by atoms with E-state index in [0.29, 0.717) is 16.8 Å². The van der Waals surface area contributed by atoms with E-state index < -0.39 is 11.7 Å². The maximum absolute atomic E-state index is 14.0. The number of nitrogens with zero attached hydrogens (tertiary/aromatic N) is 1. The number of aromatic nitrogens is 1. The van der Waals surface area contributed by atoms with Crippen LogP contribution >= 0.6 is 0 Å². The molecule has 4 aromatic rings. The number of fused-ring (bicyclic) bond motifs is 1. The molecule has 4 rings (SSSR count). The Morgan fingerprint density at radius 3 is 2.57 bits per heavy atom. The molecule has 0 aliphatic rings. The summed E-state index contributed by atoms with van der Waals surface area (Å²) < 4.78 is 20.7. The SMILES string of the molecule is COc1cccc(C(=O)c2c(N)c(C(=O)Nc3ccccc3F)c3ccccn23)c1. The standard InChI is InChI=1S/C23H18FN3O3/c1-30-15-8-6-7-14(13-15)22(28)21-20(25)19(18-11-4-5-12-27(18)21)23(29)26-17-10-3-2-9-16(17)24/h2-13H,25H2,1H3,(H,26,29). The number of halogens is 1. The zero-order valence-corrected chi connectivity index (χ0v) is 16.1. The molecule has 0 aliphatic carbocycles. The van der Waals surface area contributed by atoms with Crippen molar-refractivity contribution in [1.29, 1.82) is 0 Å². The number of hydrogen-bond donors (Lipinski definition) is 2. The Kier molecular flexibility index (Phi) is 4.93. The van der Waals surface area contributed by atoms with Gasteiger partial charge in [-0.05, 0) is 36.4 Å². The average molecular weight is 403 g/mol. The van der Waals surface area contributed by atoms with Gasteiger partial charge < -0.3 is 20.2 Å². The predicted octanol–water partition coefficient (Wildman–Crippen LogP) is 4.15. The zero-order chi connectivity index (χ0) is 21.3. The fourth-order valence-corrected chi connectivity index (χ4v) is 3.35. The molecular formula is C23H18FN3O3. The number of anilines is 2. The Balaban J connectivity index is 1.83. The number of methoxy groups -OCH3 is 1. The van der Waals surface area contributed by atoms with Gasteiger partial charge >= 0.3 is 0 Å². The third-order valence-electron chi connectivity index (χ3n) is 4.78. The van der Waals surface area contributed by atoms with E-state index in [9.17, 15) is 14.0 Å². The second-order valence-corrected chi connectivity index (χ2v) is 6.59. The Morgan fingerprint density at radius 2 is 1.80 bits per heavy atom. The van der Waals surface area contributed by atoms with Crippen LogP contribution in [0.25, 0.3) is 5.52 Å². The first-order valence-electron chi connectivity index (χ1n) is 9.14. The molecule has 0 aliphatic heterocycles. The molecule has 0 saturated heterocycles. The third-order valence-corrected chi connectivity index (χ3v) is 4.78. The fraction of sp³-hybridized carbons (Fsp3) is 0.0435. The van der Waals surface area contributed by atoms with Gasteiger partial charge in [0, 0.05) is 11.8 Å². The number of hydrogen-bond acceptors (Lipinski definition) is 4. The van der Waals surface area contributed by atoms with E-state index in [2.05, 4.69) is 5.32 Å². The van der Waals surface area contributed by atoms with Gasteiger partial charge in [-0.1, -0.05) is 30.3 Å². The van der Waals surface area contributed by atoms with Crippen molar-refractivity contribution >= 4 is 28.6 Å². The topological polar surface area (TPSA) is 85.8 Å². The Bertz CT molecular complexity index is 1280. The second-order valence-electron chi connectivity index (χ2n) is 6.59. The largest absolute Gasteiger partial charge is 0.497 e. The zero-order valence-electron chi connectivity index (χ0n) is 16.1. The van der Waals surface area contributed by atoms with E-state index in [4.69, 9.17) is 10.5 Å². The summed E-state index contributed by atoms with van der Waals surface area (Å²) in [5, 5.41) is 2.53. The van der Waals surface area contributed by atoms with Gasteiger partial charge in [-0.2, -0.15) is 0 Å². The van der Waals surface area contributed by atoms with Gasteiger partial charge in [0.2, 0.25) is 5.78 Å². The molecule has 0 bridgehead atoms. The van der Waals surface area contributed by atoms with E-state index in [0.717, 1.165) is 0 Å². The molecule has 6 nitrogen and oxygen atoms in total. The first-order valence-corrected chi connectivity index (χ1v) is 9.14. The molecule has 1 amide bonds. The van der Waals surface area contributed by atoms with Crippen LogP contribution in [0.15, 0.2) is 72.9 Å². The minimum Gasteiger partial charge on any atom is -0.497 e. The average Bonchev–Trinajstić information content (AvgIpc) is 3.06. The van der Waals surface area contributed by atoms with E-state index >= 15 is 0 Å². The van der Waals surface area contributed by atoms with Crippen molar-refractivity contribution < 1.29 is 18.7 Å². The summed E-state index contributed by atoms with van der Waals surface area (Å²) in [5.74, 6) is -1.01. The van der Waals surface area contributed by atoms with Crippen LogP contribution in [-0.4, -0.2) is 23.2 Å². The summed E-state index contributed by atoms with van der Waals surface area (Å²) in [6.45, 7) is 0. The number of nitrogen functional groups attached to an aromatic ring is 1. The minimum absolute atomic E-state index is 0.0165. The predicted molar refractivity (Wildman–Crippen MR) is 113 cm³/mol. The summed E-state index contributed by atoms with van der Waals surface area (Å²) >= 11 is 0. The maximum atomic E-state index is 14.0. The van der Waals surface area contributed by atoms with Gasteiger partial charge in [0.05, 0.1) is 29.6 Å². The number of carbonyl (C=O) groups is 2. The molecule has 7 heteroatoms. The number of para-hydroxylation sites is 1. The molecule has 0 atom stereocenters. The Morgan fingerprint density at radius 1 is 1.03 bits per heavy atom. The number of carbonyl (C=O) groups excluding carboxylic acids is 2. The van der Waals surface area contributed by atoms with Gasteiger partial charge in [-0.25, -0.2) is 4.39 Å². The first kappa shape index (κ1) is 19.2. The molecule has 2 heterocycles. The lowest BCUT2D eigenvalue weighted by Crippen LogP contribution is -2.15. The summed E-state index contributed by atoms with van der Waals surface area (Å²) in [6.07, 6.45) is 1.65. The minimum atomic E-state index is -0.606. The van der Waals surface area contributed by atoms with Crippen LogP contribution in [0.5, 0.6) is 5.75 Å². The summed E-state index contributed by atoms with van der Waals surface area (Å²) in [4.78, 5) is 26.2. The number of amides is 1. The van der Waals surface area contributed by atoms with Crippen LogP contribution < -0.4 is 15.8 Å². The number of ether oxygens (including phenoxy) is 1. The molecular weight excluding hydrogens is 385 g/mol. The van der Waals surface area contributed by atoms with Gasteiger partial charge in [0.25, 0.3) is 5.91 Å². The second kappa shape index (κ2) is 7.71. The molecule has 2 aromatic carbocycles. The van der Waals surface area contributed by atoms with Gasteiger partial charge in [0.15, 0.2) is 0 Å². The van der Waals surface area contributed by atoms with Crippen LogP contribution in [0, 0.1) is 5.82 Å². The molecule has 0 fully saturated rings. The number of rotatable bonds is 5. The van der Waals surface area contributed by atoms with Gasteiger partial charge in [-0.3, -0.25) is 9.59 Å². The maximum Gasteiger partial charge on any atom is 0.260 e. The van der Waals surface area contributed by atoms with E-state index in [1.54, 1.807) is 59.1 Å².